The Morgan fingerprint density at radius 3 is 3.00 bits per heavy atom. The van der Waals surface area contributed by atoms with Gasteiger partial charge in [-0.05, 0) is 43.0 Å². The standard InChI is InChI=1S/C19H23N5O2/c1-23-18(25)15(22-19(23)21-14-5-4-6-17(14)26-3)10-12-7-8-16-13(9-12)11-20-24(16)2/h7-11,14,17H,4-6H2,1-3H3,(H,21,22)/b15-10-/t14-,17-/m0/s1. The molecular formula is C19H23N5O2. The molecule has 0 bridgehead atoms. The Morgan fingerprint density at radius 2 is 2.19 bits per heavy atom. The third kappa shape index (κ3) is 2.88. The molecule has 2 aliphatic rings. The van der Waals surface area contributed by atoms with Crippen LogP contribution in [0.5, 0.6) is 0 Å². The highest BCUT2D eigenvalue weighted by atomic mass is 16.5. The van der Waals surface area contributed by atoms with E-state index >= 15 is 0 Å². The SMILES string of the molecule is CO[C@H]1CCC[C@@H]1N=C1N/C(=C\c2ccc3c(cnn3C)c2)C(=O)N1C. The number of likely N-dealkylation sites (N-methyl/N-ethyl adjacent to an activating group) is 1. The Kier molecular flexibility index (Phi) is 4.24. The van der Waals surface area contributed by atoms with Crippen molar-refractivity contribution >= 4 is 28.8 Å². The summed E-state index contributed by atoms with van der Waals surface area (Å²) in [5, 5.41) is 8.47. The van der Waals surface area contributed by atoms with Crippen LogP contribution in [0.15, 0.2) is 35.1 Å². The minimum absolute atomic E-state index is 0.0815. The number of guanidine groups is 1. The Hall–Kier alpha value is -2.67. The number of ether oxygens (including phenoxy) is 1. The molecule has 26 heavy (non-hydrogen) atoms. The van der Waals surface area contributed by atoms with E-state index in [9.17, 15) is 4.79 Å². The summed E-state index contributed by atoms with van der Waals surface area (Å²) < 4.78 is 7.33. The van der Waals surface area contributed by atoms with Crippen molar-refractivity contribution in [3.05, 3.63) is 35.7 Å². The molecule has 7 nitrogen and oxygen atoms in total. The van der Waals surface area contributed by atoms with Gasteiger partial charge in [0, 0.05) is 26.6 Å². The van der Waals surface area contributed by atoms with Crippen LogP contribution in [0.4, 0.5) is 0 Å². The minimum atomic E-state index is -0.0815. The zero-order valence-electron chi connectivity index (χ0n) is 15.3. The number of aliphatic imine (C=N–C) groups is 1. The first-order valence-electron chi connectivity index (χ1n) is 8.86. The third-order valence-corrected chi connectivity index (χ3v) is 5.19. The van der Waals surface area contributed by atoms with Gasteiger partial charge >= 0.3 is 0 Å². The predicted molar refractivity (Wildman–Crippen MR) is 100 cm³/mol. The fourth-order valence-corrected chi connectivity index (χ4v) is 3.68. The van der Waals surface area contributed by atoms with E-state index in [1.807, 2.05) is 42.2 Å². The number of carbonyl (C=O) groups excluding carboxylic acids is 1. The summed E-state index contributed by atoms with van der Waals surface area (Å²) in [4.78, 5) is 18.9. The highest BCUT2D eigenvalue weighted by Gasteiger charge is 2.32. The fraction of sp³-hybridized carbons (Fsp3) is 0.421. The van der Waals surface area contributed by atoms with Crippen molar-refractivity contribution in [2.75, 3.05) is 14.2 Å². The number of hydrogen-bond acceptors (Lipinski definition) is 4. The predicted octanol–water partition coefficient (Wildman–Crippen LogP) is 1.90. The zero-order valence-corrected chi connectivity index (χ0v) is 15.3. The second-order valence-electron chi connectivity index (χ2n) is 6.86. The summed E-state index contributed by atoms with van der Waals surface area (Å²) in [5.74, 6) is 0.514. The van der Waals surface area contributed by atoms with Gasteiger partial charge in [0.25, 0.3) is 5.91 Å². The molecule has 0 radical (unpaired) electrons. The number of amides is 1. The number of carbonyl (C=O) groups is 1. The van der Waals surface area contributed by atoms with Crippen molar-refractivity contribution in [2.45, 2.75) is 31.4 Å². The smallest absolute Gasteiger partial charge is 0.276 e. The van der Waals surface area contributed by atoms with Crippen molar-refractivity contribution in [3.63, 3.8) is 0 Å². The second-order valence-corrected chi connectivity index (χ2v) is 6.86. The van der Waals surface area contributed by atoms with Crippen molar-refractivity contribution in [1.82, 2.24) is 20.0 Å². The molecule has 1 amide bonds. The van der Waals surface area contributed by atoms with Gasteiger partial charge in [0.05, 0.1) is 23.9 Å². The Bertz CT molecular complexity index is 914. The number of nitrogens with one attached hydrogen (secondary N) is 1. The summed E-state index contributed by atoms with van der Waals surface area (Å²) in [6.07, 6.45) is 6.92. The largest absolute Gasteiger partial charge is 0.379 e. The van der Waals surface area contributed by atoms with E-state index < -0.39 is 0 Å². The summed E-state index contributed by atoms with van der Waals surface area (Å²) >= 11 is 0. The van der Waals surface area contributed by atoms with Gasteiger partial charge in [-0.2, -0.15) is 5.10 Å². The fourth-order valence-electron chi connectivity index (χ4n) is 3.68. The highest BCUT2D eigenvalue weighted by Crippen LogP contribution is 2.25. The van der Waals surface area contributed by atoms with Gasteiger partial charge in [0.15, 0.2) is 0 Å². The second kappa shape index (κ2) is 6.57. The van der Waals surface area contributed by atoms with Crippen LogP contribution >= 0.6 is 0 Å². The molecule has 1 saturated carbocycles. The van der Waals surface area contributed by atoms with Crippen LogP contribution in [-0.2, 0) is 16.6 Å². The number of fused-ring (bicyclic) bond motifs is 1. The first kappa shape index (κ1) is 16.8. The normalized spacial score (nSPS) is 26.4. The number of hydrogen-bond donors (Lipinski definition) is 1. The molecule has 2 heterocycles. The molecule has 1 aliphatic carbocycles. The zero-order chi connectivity index (χ0) is 18.3. The lowest BCUT2D eigenvalue weighted by Gasteiger charge is -2.16. The van der Waals surface area contributed by atoms with Crippen molar-refractivity contribution < 1.29 is 9.53 Å². The average molecular weight is 353 g/mol. The van der Waals surface area contributed by atoms with E-state index in [0.717, 1.165) is 35.7 Å². The van der Waals surface area contributed by atoms with Crippen molar-refractivity contribution in [2.24, 2.45) is 12.0 Å². The highest BCUT2D eigenvalue weighted by molar-refractivity contribution is 6.15. The van der Waals surface area contributed by atoms with Crippen LogP contribution in [0.2, 0.25) is 0 Å². The van der Waals surface area contributed by atoms with Gasteiger partial charge in [-0.15, -0.1) is 0 Å². The average Bonchev–Trinajstić information content (AvgIpc) is 3.31. The molecule has 4 rings (SSSR count). The molecule has 1 N–H and O–H groups in total. The maximum atomic E-state index is 12.6. The molecule has 1 aromatic heterocycles. The van der Waals surface area contributed by atoms with E-state index in [4.69, 9.17) is 9.73 Å². The Balaban J connectivity index is 1.60. The Morgan fingerprint density at radius 1 is 1.35 bits per heavy atom. The summed E-state index contributed by atoms with van der Waals surface area (Å²) in [5.41, 5.74) is 2.54. The molecule has 1 aromatic carbocycles. The van der Waals surface area contributed by atoms with Gasteiger partial charge < -0.3 is 10.1 Å². The van der Waals surface area contributed by atoms with Gasteiger partial charge in [-0.25, -0.2) is 4.99 Å². The molecule has 7 heteroatoms. The lowest BCUT2D eigenvalue weighted by Crippen LogP contribution is -2.32. The maximum absolute atomic E-state index is 12.6. The van der Waals surface area contributed by atoms with Gasteiger partial charge in [0.1, 0.15) is 5.70 Å². The van der Waals surface area contributed by atoms with E-state index in [1.165, 1.54) is 0 Å². The van der Waals surface area contributed by atoms with Crippen molar-refractivity contribution in [1.29, 1.82) is 0 Å². The number of benzene rings is 1. The lowest BCUT2D eigenvalue weighted by atomic mass is 10.1. The molecule has 136 valence electrons. The van der Waals surface area contributed by atoms with E-state index in [-0.39, 0.29) is 18.1 Å². The van der Waals surface area contributed by atoms with E-state index in [2.05, 4.69) is 10.4 Å². The van der Waals surface area contributed by atoms with Crippen LogP contribution in [0.1, 0.15) is 24.8 Å². The molecule has 1 saturated heterocycles. The molecule has 1 aliphatic heterocycles. The lowest BCUT2D eigenvalue weighted by molar-refractivity contribution is -0.121. The van der Waals surface area contributed by atoms with Crippen LogP contribution in [0, 0.1) is 0 Å². The van der Waals surface area contributed by atoms with Crippen LogP contribution in [-0.4, -0.2) is 52.9 Å². The van der Waals surface area contributed by atoms with Gasteiger partial charge in [-0.3, -0.25) is 14.4 Å². The molecule has 2 atom stereocenters. The number of nitrogens with zero attached hydrogens (tertiary/aromatic N) is 4. The summed E-state index contributed by atoms with van der Waals surface area (Å²) in [6, 6.07) is 6.12. The number of methoxy groups -OCH3 is 1. The third-order valence-electron chi connectivity index (χ3n) is 5.19. The molecule has 2 fully saturated rings. The number of rotatable bonds is 3. The van der Waals surface area contributed by atoms with Gasteiger partial charge in [-0.1, -0.05) is 6.07 Å². The van der Waals surface area contributed by atoms with Crippen molar-refractivity contribution in [3.8, 4) is 0 Å². The molecule has 0 spiro atoms. The summed E-state index contributed by atoms with van der Waals surface area (Å²) in [7, 11) is 5.38. The molecular weight excluding hydrogens is 330 g/mol. The monoisotopic (exact) mass is 353 g/mol. The quantitative estimate of drug-likeness (QED) is 0.856. The maximum Gasteiger partial charge on any atom is 0.276 e. The van der Waals surface area contributed by atoms with Crippen LogP contribution in [0.25, 0.3) is 17.0 Å². The number of aryl methyl sites for hydroxylation is 1. The first-order chi connectivity index (χ1) is 12.6. The molecule has 2 aromatic rings. The summed E-state index contributed by atoms with van der Waals surface area (Å²) in [6.45, 7) is 0. The topological polar surface area (TPSA) is 71.7 Å². The molecule has 0 unspecified atom stereocenters. The van der Waals surface area contributed by atoms with Gasteiger partial charge in [0.2, 0.25) is 5.96 Å². The first-order valence-corrected chi connectivity index (χ1v) is 8.86. The Labute approximate surface area is 152 Å². The van der Waals surface area contributed by atoms with E-state index in [1.54, 1.807) is 19.1 Å². The number of aromatic nitrogens is 2. The van der Waals surface area contributed by atoms with E-state index in [0.29, 0.717) is 11.7 Å². The van der Waals surface area contributed by atoms with Crippen LogP contribution in [0.3, 0.4) is 0 Å². The minimum Gasteiger partial charge on any atom is -0.379 e. The van der Waals surface area contributed by atoms with Crippen LogP contribution < -0.4 is 5.32 Å².